The zero-order chi connectivity index (χ0) is 17.9. The van der Waals surface area contributed by atoms with Gasteiger partial charge < -0.3 is 14.0 Å². The molecule has 1 heterocycles. The number of halogens is 1. The Kier molecular flexibility index (Phi) is 4.78. The molecule has 5 heteroatoms. The third-order valence-electron chi connectivity index (χ3n) is 4.40. The lowest BCUT2D eigenvalue weighted by Gasteiger charge is -2.10. The van der Waals surface area contributed by atoms with Crippen molar-refractivity contribution >= 4 is 33.4 Å². The molecule has 4 nitrogen and oxygen atoms in total. The Hall–Kier alpha value is -2.56. The first kappa shape index (κ1) is 16.9. The van der Waals surface area contributed by atoms with Crippen molar-refractivity contribution in [3.63, 3.8) is 0 Å². The number of aromatic nitrogens is 2. The Morgan fingerprint density at radius 3 is 2.69 bits per heavy atom. The quantitative estimate of drug-likeness (QED) is 0.478. The molecule has 0 aliphatic heterocycles. The molecule has 0 saturated heterocycles. The molecule has 0 aliphatic carbocycles. The molecule has 0 atom stereocenters. The van der Waals surface area contributed by atoms with Crippen LogP contribution in [0.3, 0.4) is 0 Å². The van der Waals surface area contributed by atoms with Crippen LogP contribution in [0.4, 0.5) is 0 Å². The van der Waals surface area contributed by atoms with Crippen molar-refractivity contribution in [2.75, 3.05) is 13.7 Å². The van der Waals surface area contributed by atoms with E-state index in [0.29, 0.717) is 24.8 Å². The Bertz CT molecular complexity index is 1060. The highest BCUT2D eigenvalue weighted by atomic mass is 35.5. The minimum absolute atomic E-state index is 0.383. The van der Waals surface area contributed by atoms with Crippen molar-refractivity contribution in [3.05, 3.63) is 71.5 Å². The molecule has 3 aromatic carbocycles. The van der Waals surface area contributed by atoms with Gasteiger partial charge in [-0.3, -0.25) is 0 Å². The van der Waals surface area contributed by atoms with Crippen LogP contribution < -0.4 is 4.74 Å². The maximum absolute atomic E-state index is 6.16. The lowest BCUT2D eigenvalue weighted by molar-refractivity contribution is 0.185. The van der Waals surface area contributed by atoms with E-state index in [1.165, 1.54) is 5.39 Å². The third-order valence-corrected chi connectivity index (χ3v) is 4.63. The first-order chi connectivity index (χ1) is 12.7. The van der Waals surface area contributed by atoms with E-state index < -0.39 is 0 Å². The smallest absolute Gasteiger partial charge is 0.148 e. The topological polar surface area (TPSA) is 36.3 Å². The molecule has 0 bridgehead atoms. The van der Waals surface area contributed by atoms with Gasteiger partial charge in [-0.15, -0.1) is 0 Å². The highest BCUT2D eigenvalue weighted by Gasteiger charge is 2.12. The van der Waals surface area contributed by atoms with Crippen LogP contribution in [-0.2, 0) is 17.9 Å². The van der Waals surface area contributed by atoms with E-state index in [0.717, 1.165) is 28.0 Å². The highest BCUT2D eigenvalue weighted by Crippen LogP contribution is 2.24. The monoisotopic (exact) mass is 366 g/mol. The Balaban J connectivity index is 1.62. The number of ether oxygens (including phenoxy) is 2. The predicted octanol–water partition coefficient (Wildman–Crippen LogP) is 5.07. The highest BCUT2D eigenvalue weighted by molar-refractivity contribution is 6.31. The molecule has 0 unspecified atom stereocenters. The van der Waals surface area contributed by atoms with Crippen LogP contribution in [0.5, 0.6) is 5.75 Å². The number of imidazole rings is 1. The van der Waals surface area contributed by atoms with Crippen LogP contribution in [0.25, 0.3) is 21.8 Å². The molecular weight excluding hydrogens is 348 g/mol. The Labute approximate surface area is 156 Å². The van der Waals surface area contributed by atoms with Crippen molar-refractivity contribution in [1.29, 1.82) is 0 Å². The van der Waals surface area contributed by atoms with Gasteiger partial charge in [-0.1, -0.05) is 41.9 Å². The van der Waals surface area contributed by atoms with Gasteiger partial charge in [0, 0.05) is 18.7 Å². The maximum Gasteiger partial charge on any atom is 0.148 e. The Morgan fingerprint density at radius 1 is 1.00 bits per heavy atom. The second-order valence-electron chi connectivity index (χ2n) is 6.10. The Morgan fingerprint density at radius 2 is 1.85 bits per heavy atom. The minimum Gasteiger partial charge on any atom is -0.486 e. The summed E-state index contributed by atoms with van der Waals surface area (Å²) in [6.07, 6.45) is 0. The van der Waals surface area contributed by atoms with Crippen LogP contribution >= 0.6 is 11.6 Å². The van der Waals surface area contributed by atoms with Crippen LogP contribution in [0.15, 0.2) is 60.7 Å². The lowest BCUT2D eigenvalue weighted by Crippen LogP contribution is -2.10. The number of methoxy groups -OCH3 is 1. The fraction of sp³-hybridized carbons (Fsp3) is 0.190. The predicted molar refractivity (Wildman–Crippen MR) is 105 cm³/mol. The van der Waals surface area contributed by atoms with Gasteiger partial charge in [-0.25, -0.2) is 4.98 Å². The molecule has 0 radical (unpaired) electrons. The summed E-state index contributed by atoms with van der Waals surface area (Å²) in [6, 6.07) is 20.1. The number of fused-ring (bicyclic) bond motifs is 2. The largest absolute Gasteiger partial charge is 0.486 e. The molecule has 0 saturated carbocycles. The number of hydrogen-bond acceptors (Lipinski definition) is 3. The molecule has 0 N–H and O–H groups in total. The van der Waals surface area contributed by atoms with Crippen LogP contribution in [-0.4, -0.2) is 23.3 Å². The second-order valence-corrected chi connectivity index (χ2v) is 6.54. The summed E-state index contributed by atoms with van der Waals surface area (Å²) in [7, 11) is 1.69. The van der Waals surface area contributed by atoms with E-state index in [2.05, 4.69) is 22.8 Å². The zero-order valence-corrected chi connectivity index (χ0v) is 15.2. The van der Waals surface area contributed by atoms with E-state index in [4.69, 9.17) is 26.1 Å². The number of rotatable bonds is 6. The summed E-state index contributed by atoms with van der Waals surface area (Å²) in [4.78, 5) is 4.71. The van der Waals surface area contributed by atoms with Crippen molar-refractivity contribution in [2.24, 2.45) is 0 Å². The van der Waals surface area contributed by atoms with E-state index in [1.54, 1.807) is 7.11 Å². The van der Waals surface area contributed by atoms with E-state index in [9.17, 15) is 0 Å². The van der Waals surface area contributed by atoms with Gasteiger partial charge in [0.1, 0.15) is 18.2 Å². The second kappa shape index (κ2) is 7.36. The van der Waals surface area contributed by atoms with E-state index >= 15 is 0 Å². The molecule has 0 spiro atoms. The van der Waals surface area contributed by atoms with Gasteiger partial charge >= 0.3 is 0 Å². The third kappa shape index (κ3) is 3.39. The van der Waals surface area contributed by atoms with Crippen LogP contribution in [0, 0.1) is 0 Å². The van der Waals surface area contributed by atoms with Gasteiger partial charge in [0.25, 0.3) is 0 Å². The van der Waals surface area contributed by atoms with Crippen molar-refractivity contribution in [2.45, 2.75) is 13.2 Å². The molecule has 4 rings (SSSR count). The van der Waals surface area contributed by atoms with Crippen molar-refractivity contribution < 1.29 is 9.47 Å². The molecule has 132 valence electrons. The maximum atomic E-state index is 6.16. The molecule has 0 amide bonds. The molecular formula is C21H19ClN2O2. The van der Waals surface area contributed by atoms with Gasteiger partial charge in [-0.2, -0.15) is 0 Å². The van der Waals surface area contributed by atoms with Gasteiger partial charge in [-0.05, 0) is 41.1 Å². The van der Waals surface area contributed by atoms with Gasteiger partial charge in [0.15, 0.2) is 0 Å². The number of benzene rings is 3. The van der Waals surface area contributed by atoms with Crippen molar-refractivity contribution in [1.82, 2.24) is 9.55 Å². The summed E-state index contributed by atoms with van der Waals surface area (Å²) in [5, 5.41) is 3.05. The lowest BCUT2D eigenvalue weighted by atomic mass is 10.1. The standard InChI is InChI=1S/C21H19ClN2O2/c1-25-11-10-24-20-13-17(22)7-9-19(20)23-21(24)14-26-18-8-6-15-4-2-3-5-16(15)12-18/h2-9,12-13H,10-11,14H2,1H3. The summed E-state index contributed by atoms with van der Waals surface area (Å²) in [6.45, 7) is 1.68. The average molecular weight is 367 g/mol. The first-order valence-electron chi connectivity index (χ1n) is 8.50. The zero-order valence-electron chi connectivity index (χ0n) is 14.5. The fourth-order valence-electron chi connectivity index (χ4n) is 3.09. The minimum atomic E-state index is 0.383. The van der Waals surface area contributed by atoms with E-state index in [1.807, 2.05) is 42.5 Å². The molecule has 26 heavy (non-hydrogen) atoms. The molecule has 0 fully saturated rings. The van der Waals surface area contributed by atoms with Gasteiger partial charge in [0.2, 0.25) is 0 Å². The number of nitrogens with zero attached hydrogens (tertiary/aromatic N) is 2. The fourth-order valence-corrected chi connectivity index (χ4v) is 3.26. The van der Waals surface area contributed by atoms with E-state index in [-0.39, 0.29) is 0 Å². The van der Waals surface area contributed by atoms with Gasteiger partial charge in [0.05, 0.1) is 17.6 Å². The van der Waals surface area contributed by atoms with Crippen LogP contribution in [0.2, 0.25) is 5.02 Å². The normalized spacial score (nSPS) is 11.3. The number of hydrogen-bond donors (Lipinski definition) is 0. The summed E-state index contributed by atoms with van der Waals surface area (Å²) >= 11 is 6.16. The average Bonchev–Trinajstić information content (AvgIpc) is 3.01. The summed E-state index contributed by atoms with van der Waals surface area (Å²) in [5.74, 6) is 1.68. The SMILES string of the molecule is COCCn1c(COc2ccc3ccccc3c2)nc2ccc(Cl)cc21. The first-order valence-corrected chi connectivity index (χ1v) is 8.87. The van der Waals surface area contributed by atoms with Crippen molar-refractivity contribution in [3.8, 4) is 5.75 Å². The molecule has 0 aliphatic rings. The summed E-state index contributed by atoms with van der Waals surface area (Å²) in [5.41, 5.74) is 1.90. The van der Waals surface area contributed by atoms with Crippen LogP contribution in [0.1, 0.15) is 5.82 Å². The molecule has 1 aromatic heterocycles. The summed E-state index contributed by atoms with van der Waals surface area (Å²) < 4.78 is 13.4. The molecule has 4 aromatic rings.